The second-order valence-corrected chi connectivity index (χ2v) is 8.30. The fraction of sp³-hybridized carbons (Fsp3) is 0.750. The van der Waals surface area contributed by atoms with Crippen molar-refractivity contribution in [3.05, 3.63) is 12.3 Å². The van der Waals surface area contributed by atoms with Crippen LogP contribution in [0.5, 0.6) is 0 Å². The van der Waals surface area contributed by atoms with Gasteiger partial charge in [-0.25, -0.2) is 4.98 Å². The number of carbonyl (C=O) groups is 1. The highest BCUT2D eigenvalue weighted by molar-refractivity contribution is 5.79. The molecular weight excluding hydrogens is 358 g/mol. The highest BCUT2D eigenvalue weighted by Gasteiger charge is 2.50. The van der Waals surface area contributed by atoms with Gasteiger partial charge in [0.05, 0.1) is 11.5 Å². The number of carbonyl (C=O) groups excluding carboxylic acids is 1. The number of aromatic nitrogens is 2. The Morgan fingerprint density at radius 1 is 1.29 bits per heavy atom. The summed E-state index contributed by atoms with van der Waals surface area (Å²) in [4.78, 5) is 26.2. The van der Waals surface area contributed by atoms with E-state index >= 15 is 0 Å². The number of nitrogens with zero attached hydrogens (tertiary/aromatic N) is 4. The maximum absolute atomic E-state index is 12.7. The Hall–Kier alpha value is -1.93. The number of aliphatic hydroxyl groups excluding tert-OH is 1. The first-order valence-corrected chi connectivity index (χ1v) is 10.5. The average molecular weight is 390 g/mol. The minimum Gasteiger partial charge on any atom is -0.461 e. The minimum atomic E-state index is -0.351. The Bertz CT molecular complexity index is 684. The van der Waals surface area contributed by atoms with Crippen molar-refractivity contribution in [2.24, 2.45) is 5.41 Å². The molecule has 0 aliphatic carbocycles. The molecule has 154 valence electrons. The smallest absolute Gasteiger partial charge is 0.312 e. The van der Waals surface area contributed by atoms with Crippen molar-refractivity contribution >= 4 is 17.7 Å². The third-order valence-corrected chi connectivity index (χ3v) is 6.35. The molecule has 0 radical (unpaired) electrons. The van der Waals surface area contributed by atoms with Crippen molar-refractivity contribution in [2.75, 3.05) is 49.5 Å². The number of rotatable bonds is 5. The maximum Gasteiger partial charge on any atom is 0.312 e. The van der Waals surface area contributed by atoms with Crippen LogP contribution in [0.4, 0.5) is 11.8 Å². The molecule has 1 spiro atoms. The van der Waals surface area contributed by atoms with Crippen LogP contribution in [0.3, 0.4) is 0 Å². The van der Waals surface area contributed by atoms with Crippen molar-refractivity contribution in [2.45, 2.75) is 51.2 Å². The van der Waals surface area contributed by atoms with Gasteiger partial charge in [0.25, 0.3) is 0 Å². The summed E-state index contributed by atoms with van der Waals surface area (Å²) < 4.78 is 5.77. The Labute approximate surface area is 166 Å². The molecule has 8 heteroatoms. The van der Waals surface area contributed by atoms with E-state index in [0.29, 0.717) is 0 Å². The van der Waals surface area contributed by atoms with Gasteiger partial charge in [-0.1, -0.05) is 0 Å². The zero-order chi connectivity index (χ0) is 19.6. The second kappa shape index (κ2) is 8.21. The summed E-state index contributed by atoms with van der Waals surface area (Å²) in [6.45, 7) is 6.96. The van der Waals surface area contributed by atoms with E-state index in [9.17, 15) is 9.90 Å². The molecule has 8 nitrogen and oxygen atoms in total. The number of cyclic esters (lactones) is 1. The van der Waals surface area contributed by atoms with Crippen LogP contribution in [0.15, 0.2) is 12.3 Å². The monoisotopic (exact) mass is 389 g/mol. The van der Waals surface area contributed by atoms with Crippen LogP contribution >= 0.6 is 0 Å². The Balaban J connectivity index is 1.33. The lowest BCUT2D eigenvalue weighted by atomic mass is 9.76. The van der Waals surface area contributed by atoms with E-state index in [1.54, 1.807) is 6.20 Å². The first-order chi connectivity index (χ1) is 13.6. The molecule has 3 fully saturated rings. The van der Waals surface area contributed by atoms with Gasteiger partial charge in [-0.2, -0.15) is 4.98 Å². The standard InChI is InChI=1S/C20H31N5O3/c1-2-21-17-3-8-22-19(23-17)25-11-6-20(7-12-25)13-16(28-18(20)27)14-24-9-4-15(26)5-10-24/h3,8,15-16,26H,2,4-7,9-14H2,1H3,(H,21,22,23). The molecule has 3 saturated heterocycles. The van der Waals surface area contributed by atoms with Crippen LogP contribution in [0, 0.1) is 5.41 Å². The molecule has 1 aromatic heterocycles. The number of nitrogens with one attached hydrogen (secondary N) is 1. The van der Waals surface area contributed by atoms with E-state index in [4.69, 9.17) is 4.74 Å². The van der Waals surface area contributed by atoms with Crippen LogP contribution in [0.25, 0.3) is 0 Å². The van der Waals surface area contributed by atoms with Crippen molar-refractivity contribution in [1.82, 2.24) is 14.9 Å². The molecule has 28 heavy (non-hydrogen) atoms. The first kappa shape index (κ1) is 19.4. The number of ether oxygens (including phenoxy) is 1. The molecule has 0 bridgehead atoms. The van der Waals surface area contributed by atoms with E-state index < -0.39 is 0 Å². The molecule has 0 aromatic carbocycles. The normalized spacial score (nSPS) is 25.9. The number of esters is 1. The molecule has 1 unspecified atom stereocenters. The highest BCUT2D eigenvalue weighted by Crippen LogP contribution is 2.43. The molecule has 3 aliphatic heterocycles. The number of hydrogen-bond acceptors (Lipinski definition) is 8. The van der Waals surface area contributed by atoms with Gasteiger partial charge in [0.15, 0.2) is 0 Å². The van der Waals surface area contributed by atoms with E-state index in [1.807, 2.05) is 13.0 Å². The predicted octanol–water partition coefficient (Wildman–Crippen LogP) is 1.27. The van der Waals surface area contributed by atoms with Gasteiger partial charge in [-0.05, 0) is 38.7 Å². The summed E-state index contributed by atoms with van der Waals surface area (Å²) in [5.41, 5.74) is -0.351. The zero-order valence-corrected chi connectivity index (χ0v) is 16.6. The summed E-state index contributed by atoms with van der Waals surface area (Å²) in [5.74, 6) is 1.53. The van der Waals surface area contributed by atoms with Gasteiger partial charge in [-0.3, -0.25) is 9.69 Å². The van der Waals surface area contributed by atoms with Crippen LogP contribution in [-0.4, -0.2) is 77.4 Å². The summed E-state index contributed by atoms with van der Waals surface area (Å²) in [7, 11) is 0. The summed E-state index contributed by atoms with van der Waals surface area (Å²) >= 11 is 0. The van der Waals surface area contributed by atoms with Crippen LogP contribution in [0.1, 0.15) is 39.0 Å². The lowest BCUT2D eigenvalue weighted by molar-refractivity contribution is -0.150. The molecule has 2 N–H and O–H groups in total. The van der Waals surface area contributed by atoms with E-state index in [1.165, 1.54) is 0 Å². The number of likely N-dealkylation sites (tertiary alicyclic amines) is 1. The zero-order valence-electron chi connectivity index (χ0n) is 16.6. The summed E-state index contributed by atoms with van der Waals surface area (Å²) in [6, 6.07) is 1.87. The van der Waals surface area contributed by atoms with Crippen molar-refractivity contribution in [1.29, 1.82) is 0 Å². The largest absolute Gasteiger partial charge is 0.461 e. The number of aliphatic hydroxyl groups is 1. The molecule has 3 aliphatic rings. The minimum absolute atomic E-state index is 0.0253. The quantitative estimate of drug-likeness (QED) is 0.728. The van der Waals surface area contributed by atoms with Crippen LogP contribution < -0.4 is 10.2 Å². The maximum atomic E-state index is 12.7. The third kappa shape index (κ3) is 4.07. The van der Waals surface area contributed by atoms with Crippen molar-refractivity contribution < 1.29 is 14.6 Å². The molecular formula is C20H31N5O3. The van der Waals surface area contributed by atoms with Crippen molar-refractivity contribution in [3.8, 4) is 0 Å². The highest BCUT2D eigenvalue weighted by atomic mass is 16.6. The summed E-state index contributed by atoms with van der Waals surface area (Å²) in [6.07, 6.45) is 5.58. The number of hydrogen-bond donors (Lipinski definition) is 2. The number of piperidine rings is 2. The summed E-state index contributed by atoms with van der Waals surface area (Å²) in [5, 5.41) is 12.9. The Kier molecular flexibility index (Phi) is 5.68. The number of anilines is 2. The molecule has 1 atom stereocenters. The van der Waals surface area contributed by atoms with Gasteiger partial charge < -0.3 is 20.1 Å². The van der Waals surface area contributed by atoms with E-state index in [2.05, 4.69) is 25.1 Å². The molecule has 4 rings (SSSR count). The SMILES string of the molecule is CCNc1ccnc(N2CCC3(CC2)CC(CN2CCC(O)CC2)OC3=O)n1. The van der Waals surface area contributed by atoms with Crippen molar-refractivity contribution in [3.63, 3.8) is 0 Å². The molecule has 1 aromatic rings. The average Bonchev–Trinajstić information content (AvgIpc) is 2.99. The van der Waals surface area contributed by atoms with Gasteiger partial charge in [0, 0.05) is 51.9 Å². The molecule has 0 saturated carbocycles. The van der Waals surface area contributed by atoms with Gasteiger partial charge in [0.2, 0.25) is 5.95 Å². The third-order valence-electron chi connectivity index (χ3n) is 6.35. The van der Waals surface area contributed by atoms with E-state index in [-0.39, 0.29) is 23.6 Å². The lowest BCUT2D eigenvalue weighted by Gasteiger charge is -2.36. The first-order valence-electron chi connectivity index (χ1n) is 10.5. The predicted molar refractivity (Wildman–Crippen MR) is 106 cm³/mol. The molecule has 4 heterocycles. The fourth-order valence-corrected chi connectivity index (χ4v) is 4.65. The lowest BCUT2D eigenvalue weighted by Crippen LogP contribution is -2.43. The van der Waals surface area contributed by atoms with Crippen LogP contribution in [-0.2, 0) is 9.53 Å². The Morgan fingerprint density at radius 3 is 2.75 bits per heavy atom. The Morgan fingerprint density at radius 2 is 2.04 bits per heavy atom. The van der Waals surface area contributed by atoms with Gasteiger partial charge in [0.1, 0.15) is 11.9 Å². The van der Waals surface area contributed by atoms with Crippen LogP contribution in [0.2, 0.25) is 0 Å². The van der Waals surface area contributed by atoms with Gasteiger partial charge in [-0.15, -0.1) is 0 Å². The topological polar surface area (TPSA) is 90.8 Å². The van der Waals surface area contributed by atoms with Gasteiger partial charge >= 0.3 is 5.97 Å². The fourth-order valence-electron chi connectivity index (χ4n) is 4.65. The molecule has 0 amide bonds. The van der Waals surface area contributed by atoms with E-state index in [0.717, 1.165) is 83.1 Å². The second-order valence-electron chi connectivity index (χ2n) is 8.30.